The Labute approximate surface area is 177 Å². The topological polar surface area (TPSA) is 49.4 Å². The summed E-state index contributed by atoms with van der Waals surface area (Å²) in [6, 6.07) is 20.3. The predicted molar refractivity (Wildman–Crippen MR) is 115 cm³/mol. The van der Waals surface area contributed by atoms with Gasteiger partial charge in [0.25, 0.3) is 5.91 Å². The van der Waals surface area contributed by atoms with Crippen molar-refractivity contribution in [1.82, 2.24) is 0 Å². The van der Waals surface area contributed by atoms with E-state index in [1.54, 1.807) is 66.7 Å². The first-order valence-electron chi connectivity index (χ1n) is 8.31. The molecule has 1 N–H and O–H groups in total. The summed E-state index contributed by atoms with van der Waals surface area (Å²) in [6.45, 7) is -0.185. The molecule has 0 bridgehead atoms. The van der Waals surface area contributed by atoms with Gasteiger partial charge in [-0.25, -0.2) is 0 Å². The number of amides is 2. The lowest BCUT2D eigenvalue weighted by atomic mass is 10.1. The van der Waals surface area contributed by atoms with E-state index in [2.05, 4.69) is 5.32 Å². The highest BCUT2D eigenvalue weighted by Gasteiger charge is 2.21. The summed E-state index contributed by atoms with van der Waals surface area (Å²) in [5, 5.41) is 3.89. The van der Waals surface area contributed by atoms with Crippen molar-refractivity contribution >= 4 is 58.0 Å². The Hall–Kier alpha value is -2.53. The van der Waals surface area contributed by atoms with Crippen molar-refractivity contribution in [3.63, 3.8) is 0 Å². The lowest BCUT2D eigenvalue weighted by Crippen LogP contribution is -2.38. The molecule has 28 heavy (non-hydrogen) atoms. The molecule has 0 saturated heterocycles. The standard InChI is InChI=1S/C21H15Cl3N2O2/c22-15-6-4-5-14(11-15)21(28)26(17-7-2-1-3-8-17)13-20(27)25-16-9-10-18(23)19(24)12-16/h1-12H,13H2,(H,25,27). The third-order valence-electron chi connectivity index (χ3n) is 3.89. The van der Waals surface area contributed by atoms with E-state index in [9.17, 15) is 9.59 Å². The summed E-state index contributed by atoms with van der Waals surface area (Å²) in [4.78, 5) is 27.0. The Morgan fingerprint density at radius 3 is 2.25 bits per heavy atom. The molecule has 3 rings (SSSR count). The van der Waals surface area contributed by atoms with Crippen LogP contribution in [0.4, 0.5) is 11.4 Å². The predicted octanol–water partition coefficient (Wildman–Crippen LogP) is 5.93. The summed E-state index contributed by atoms with van der Waals surface area (Å²) in [5.74, 6) is -0.712. The van der Waals surface area contributed by atoms with Gasteiger partial charge < -0.3 is 5.32 Å². The SMILES string of the molecule is O=C(CN(C(=O)c1cccc(Cl)c1)c1ccccc1)Nc1ccc(Cl)c(Cl)c1. The maximum absolute atomic E-state index is 13.0. The molecule has 0 atom stereocenters. The Kier molecular flexibility index (Phi) is 6.57. The Morgan fingerprint density at radius 1 is 0.821 bits per heavy atom. The smallest absolute Gasteiger partial charge is 0.258 e. The highest BCUT2D eigenvalue weighted by Crippen LogP contribution is 2.25. The minimum absolute atomic E-state index is 0.185. The number of para-hydroxylation sites is 1. The molecule has 0 fully saturated rings. The first-order chi connectivity index (χ1) is 13.4. The maximum Gasteiger partial charge on any atom is 0.258 e. The summed E-state index contributed by atoms with van der Waals surface area (Å²) >= 11 is 17.9. The Balaban J connectivity index is 1.84. The Morgan fingerprint density at radius 2 is 1.57 bits per heavy atom. The van der Waals surface area contributed by atoms with Crippen molar-refractivity contribution in [2.45, 2.75) is 0 Å². The van der Waals surface area contributed by atoms with Crippen molar-refractivity contribution in [2.24, 2.45) is 0 Å². The molecule has 2 amide bonds. The van der Waals surface area contributed by atoms with Crippen LogP contribution in [0.1, 0.15) is 10.4 Å². The number of benzene rings is 3. The lowest BCUT2D eigenvalue weighted by molar-refractivity contribution is -0.114. The van der Waals surface area contributed by atoms with Gasteiger partial charge in [-0.2, -0.15) is 0 Å². The van der Waals surface area contributed by atoms with Gasteiger partial charge in [0.15, 0.2) is 0 Å². The van der Waals surface area contributed by atoms with Crippen molar-refractivity contribution in [1.29, 1.82) is 0 Å². The number of nitrogens with one attached hydrogen (secondary N) is 1. The van der Waals surface area contributed by atoms with Crippen molar-refractivity contribution < 1.29 is 9.59 Å². The summed E-state index contributed by atoms with van der Waals surface area (Å²) < 4.78 is 0. The van der Waals surface area contributed by atoms with Gasteiger partial charge in [-0.1, -0.05) is 59.1 Å². The molecule has 0 unspecified atom stereocenters. The molecule has 3 aromatic carbocycles. The van der Waals surface area contributed by atoms with Gasteiger partial charge in [-0.3, -0.25) is 14.5 Å². The molecule has 4 nitrogen and oxygen atoms in total. The van der Waals surface area contributed by atoms with Crippen molar-refractivity contribution in [2.75, 3.05) is 16.8 Å². The van der Waals surface area contributed by atoms with Crippen LogP contribution >= 0.6 is 34.8 Å². The largest absolute Gasteiger partial charge is 0.324 e. The lowest BCUT2D eigenvalue weighted by Gasteiger charge is -2.22. The summed E-state index contributed by atoms with van der Waals surface area (Å²) in [7, 11) is 0. The average Bonchev–Trinajstić information content (AvgIpc) is 2.69. The van der Waals surface area contributed by atoms with E-state index in [4.69, 9.17) is 34.8 Å². The minimum Gasteiger partial charge on any atom is -0.324 e. The molecule has 142 valence electrons. The third kappa shape index (κ3) is 5.04. The second-order valence-electron chi connectivity index (χ2n) is 5.91. The highest BCUT2D eigenvalue weighted by molar-refractivity contribution is 6.42. The molecule has 0 spiro atoms. The first-order valence-corrected chi connectivity index (χ1v) is 9.45. The number of hydrogen-bond donors (Lipinski definition) is 1. The molecule has 0 radical (unpaired) electrons. The number of rotatable bonds is 5. The molecule has 0 aromatic heterocycles. The number of hydrogen-bond acceptors (Lipinski definition) is 2. The van der Waals surface area contributed by atoms with E-state index in [0.717, 1.165) is 0 Å². The van der Waals surface area contributed by atoms with Crippen LogP contribution < -0.4 is 10.2 Å². The molecule has 0 heterocycles. The number of carbonyl (C=O) groups is 2. The van der Waals surface area contributed by atoms with Crippen LogP contribution in [0.15, 0.2) is 72.8 Å². The molecular formula is C21H15Cl3N2O2. The maximum atomic E-state index is 13.0. The zero-order chi connectivity index (χ0) is 20.1. The zero-order valence-corrected chi connectivity index (χ0v) is 16.8. The number of nitrogens with zero attached hydrogens (tertiary/aromatic N) is 1. The molecule has 0 saturated carbocycles. The normalized spacial score (nSPS) is 10.4. The molecule has 3 aromatic rings. The quantitative estimate of drug-likeness (QED) is 0.542. The fourth-order valence-electron chi connectivity index (χ4n) is 2.58. The van der Waals surface area contributed by atoms with Gasteiger partial charge in [0.05, 0.1) is 10.0 Å². The fraction of sp³-hybridized carbons (Fsp3) is 0.0476. The van der Waals surface area contributed by atoms with Crippen molar-refractivity contribution in [3.8, 4) is 0 Å². The number of carbonyl (C=O) groups excluding carboxylic acids is 2. The first kappa shape index (κ1) is 20.2. The van der Waals surface area contributed by atoms with Crippen LogP contribution in [-0.2, 0) is 4.79 Å². The van der Waals surface area contributed by atoms with Gasteiger partial charge in [-0.15, -0.1) is 0 Å². The van der Waals surface area contributed by atoms with Crippen molar-refractivity contribution in [3.05, 3.63) is 93.4 Å². The number of halogens is 3. The van der Waals surface area contributed by atoms with Crippen LogP contribution in [0.5, 0.6) is 0 Å². The number of anilines is 2. The molecule has 7 heteroatoms. The second kappa shape index (κ2) is 9.11. The van der Waals surface area contributed by atoms with E-state index in [1.807, 2.05) is 6.07 Å². The minimum atomic E-state index is -0.377. The summed E-state index contributed by atoms with van der Waals surface area (Å²) in [5.41, 5.74) is 1.47. The van der Waals surface area contributed by atoms with E-state index in [0.29, 0.717) is 32.0 Å². The van der Waals surface area contributed by atoms with Gasteiger partial charge in [-0.05, 0) is 48.5 Å². The van der Waals surface area contributed by atoms with Crippen LogP contribution in [0, 0.1) is 0 Å². The fourth-order valence-corrected chi connectivity index (χ4v) is 3.07. The summed E-state index contributed by atoms with van der Waals surface area (Å²) in [6.07, 6.45) is 0. The van der Waals surface area contributed by atoms with Crippen LogP contribution in [0.3, 0.4) is 0 Å². The van der Waals surface area contributed by atoms with Crippen LogP contribution in [-0.4, -0.2) is 18.4 Å². The average molecular weight is 434 g/mol. The molecule has 0 aliphatic rings. The second-order valence-corrected chi connectivity index (χ2v) is 7.17. The van der Waals surface area contributed by atoms with E-state index in [-0.39, 0.29) is 18.4 Å². The van der Waals surface area contributed by atoms with Gasteiger partial charge in [0.2, 0.25) is 5.91 Å². The molecule has 0 aliphatic heterocycles. The zero-order valence-electron chi connectivity index (χ0n) is 14.5. The van der Waals surface area contributed by atoms with E-state index in [1.165, 1.54) is 4.90 Å². The van der Waals surface area contributed by atoms with Crippen LogP contribution in [0.25, 0.3) is 0 Å². The molecule has 0 aliphatic carbocycles. The van der Waals surface area contributed by atoms with E-state index < -0.39 is 0 Å². The highest BCUT2D eigenvalue weighted by atomic mass is 35.5. The monoisotopic (exact) mass is 432 g/mol. The van der Waals surface area contributed by atoms with Gasteiger partial charge in [0.1, 0.15) is 6.54 Å². The van der Waals surface area contributed by atoms with E-state index >= 15 is 0 Å². The third-order valence-corrected chi connectivity index (χ3v) is 4.86. The van der Waals surface area contributed by atoms with Crippen LogP contribution in [0.2, 0.25) is 15.1 Å². The van der Waals surface area contributed by atoms with Gasteiger partial charge in [0, 0.05) is 22.0 Å². The van der Waals surface area contributed by atoms with Gasteiger partial charge >= 0.3 is 0 Å². The Bertz CT molecular complexity index is 1010. The molecular weight excluding hydrogens is 419 g/mol.